The molecule has 0 aliphatic carbocycles. The molecule has 10 aromatic rings. The Bertz CT molecular complexity index is 3100. The Hall–Kier alpha value is -7.62. The Labute approximate surface area is 395 Å². The number of benzene rings is 4. The van der Waals surface area contributed by atoms with Crippen LogP contribution < -0.4 is 0 Å². The highest BCUT2D eigenvalue weighted by atomic mass is 32.1. The number of hydrogen-bond donors (Lipinski definition) is 0. The van der Waals surface area contributed by atoms with E-state index in [1.54, 1.807) is 54.6 Å². The van der Waals surface area contributed by atoms with E-state index in [0.717, 1.165) is 36.4 Å². The maximum Gasteiger partial charge on any atom is 0.416 e. The van der Waals surface area contributed by atoms with E-state index in [-0.39, 0.29) is 0 Å². The second-order valence-corrected chi connectivity index (χ2v) is 17.9. The number of aromatic nitrogens is 9. The van der Waals surface area contributed by atoms with Crippen LogP contribution in [0, 0.1) is 0 Å². The lowest BCUT2D eigenvalue weighted by Gasteiger charge is -2.08. The summed E-state index contributed by atoms with van der Waals surface area (Å²) in [6, 6.07) is 34.9. The van der Waals surface area contributed by atoms with Gasteiger partial charge in [-0.1, -0.05) is 88.6 Å². The molecule has 0 spiro atoms. The van der Waals surface area contributed by atoms with E-state index < -0.39 is 35.2 Å². The van der Waals surface area contributed by atoms with Crippen molar-refractivity contribution in [2.24, 2.45) is 0 Å². The summed E-state index contributed by atoms with van der Waals surface area (Å²) >= 11 is 3.66. The summed E-state index contributed by atoms with van der Waals surface area (Å²) in [6.07, 6.45) is -13.5. The van der Waals surface area contributed by atoms with Gasteiger partial charge >= 0.3 is 18.5 Å². The number of rotatable bonds is 9. The first kappa shape index (κ1) is 45.2. The van der Waals surface area contributed by atoms with E-state index in [4.69, 9.17) is 0 Å². The van der Waals surface area contributed by atoms with Crippen LogP contribution in [0.2, 0.25) is 0 Å². The van der Waals surface area contributed by atoms with Gasteiger partial charge in [0.2, 0.25) is 0 Å². The third-order valence-electron chi connectivity index (χ3n) is 10.4. The average molecular weight is 994 g/mol. The summed E-state index contributed by atoms with van der Waals surface area (Å²) in [5.41, 5.74) is 3.49. The van der Waals surface area contributed by atoms with E-state index >= 15 is 0 Å². The van der Waals surface area contributed by atoms with Gasteiger partial charge in [-0.15, -0.1) is 30.6 Å². The second-order valence-electron chi connectivity index (χ2n) is 15.0. The van der Waals surface area contributed by atoms with Gasteiger partial charge in [0.05, 0.1) is 33.8 Å². The zero-order valence-corrected chi connectivity index (χ0v) is 37.0. The Morgan fingerprint density at radius 2 is 0.493 bits per heavy atom. The Balaban J connectivity index is 0.997. The standard InChI is InChI=1S/C48H24F9N9S3/c49-46(50,51)31-16-10-25(11-17-31)34-4-1-7-37(58-34)43-64-61-40(67-43)28-22-29(41-62-65-44(68-41)38-8-2-5-35(59-38)26-12-18-32(19-13-26)47(52,53)54)24-30(23-28)42-63-66-45(69-42)39-9-3-6-36(60-39)27-14-20-33(21-15-27)48(55,56)57/h1-24H. The van der Waals surface area contributed by atoms with Crippen LogP contribution in [0.15, 0.2) is 146 Å². The molecule has 0 unspecified atom stereocenters. The minimum atomic E-state index is -4.49. The van der Waals surface area contributed by atoms with Gasteiger partial charge in [0.25, 0.3) is 0 Å². The molecule has 9 nitrogen and oxygen atoms in total. The van der Waals surface area contributed by atoms with Crippen molar-refractivity contribution in [3.63, 3.8) is 0 Å². The van der Waals surface area contributed by atoms with Gasteiger partial charge in [0.1, 0.15) is 32.1 Å². The van der Waals surface area contributed by atoms with Crippen molar-refractivity contribution < 1.29 is 39.5 Å². The Morgan fingerprint density at radius 3 is 0.739 bits per heavy atom. The summed E-state index contributed by atoms with van der Waals surface area (Å²) in [5.74, 6) is 0. The van der Waals surface area contributed by atoms with Gasteiger partial charge < -0.3 is 0 Å². The van der Waals surface area contributed by atoms with Crippen LogP contribution in [0.5, 0.6) is 0 Å². The van der Waals surface area contributed by atoms with Crippen LogP contribution in [0.25, 0.3) is 97.6 Å². The average Bonchev–Trinajstić information content (AvgIpc) is 4.17. The Morgan fingerprint density at radius 1 is 0.261 bits per heavy atom. The number of hydrogen-bond acceptors (Lipinski definition) is 12. The predicted octanol–water partition coefficient (Wildman–Crippen LogP) is 14.5. The summed E-state index contributed by atoms with van der Waals surface area (Å²) < 4.78 is 119. The van der Waals surface area contributed by atoms with Crippen molar-refractivity contribution in [3.8, 4) is 97.6 Å². The maximum absolute atomic E-state index is 13.2. The van der Waals surface area contributed by atoms with E-state index in [2.05, 4.69) is 45.5 Å². The van der Waals surface area contributed by atoms with Crippen molar-refractivity contribution in [2.45, 2.75) is 18.5 Å². The molecule has 6 heterocycles. The van der Waals surface area contributed by atoms with Gasteiger partial charge in [-0.2, -0.15) is 39.5 Å². The molecular weight excluding hydrogens is 970 g/mol. The van der Waals surface area contributed by atoms with Crippen molar-refractivity contribution >= 4 is 34.0 Å². The molecule has 4 aromatic carbocycles. The number of alkyl halides is 9. The molecule has 6 aromatic heterocycles. The van der Waals surface area contributed by atoms with Crippen LogP contribution in [0.1, 0.15) is 16.7 Å². The highest BCUT2D eigenvalue weighted by molar-refractivity contribution is 7.18. The molecule has 10 rings (SSSR count). The molecule has 0 bridgehead atoms. The zero-order chi connectivity index (χ0) is 48.1. The van der Waals surface area contributed by atoms with E-state index in [9.17, 15) is 39.5 Å². The Kier molecular flexibility index (Phi) is 11.7. The molecule has 0 N–H and O–H groups in total. The first-order chi connectivity index (χ1) is 33.0. The molecule has 0 atom stereocenters. The van der Waals surface area contributed by atoms with Crippen molar-refractivity contribution in [2.75, 3.05) is 0 Å². The zero-order valence-electron chi connectivity index (χ0n) is 34.5. The molecular formula is C48H24F9N9S3. The van der Waals surface area contributed by atoms with Crippen LogP contribution in [0.4, 0.5) is 39.5 Å². The van der Waals surface area contributed by atoms with Crippen molar-refractivity contribution in [1.29, 1.82) is 0 Å². The third kappa shape index (κ3) is 9.74. The molecule has 0 saturated heterocycles. The molecule has 0 aliphatic heterocycles. The van der Waals surface area contributed by atoms with Gasteiger partial charge in [-0.25, -0.2) is 15.0 Å². The molecule has 0 amide bonds. The highest BCUT2D eigenvalue weighted by Crippen LogP contribution is 2.41. The van der Waals surface area contributed by atoms with Crippen molar-refractivity contribution in [3.05, 3.63) is 162 Å². The summed E-state index contributed by atoms with van der Waals surface area (Å²) in [7, 11) is 0. The normalized spacial score (nSPS) is 12.1. The molecule has 0 radical (unpaired) electrons. The fraction of sp³-hybridized carbons (Fsp3) is 0.0625. The van der Waals surface area contributed by atoms with Gasteiger partial charge in [0.15, 0.2) is 15.0 Å². The summed E-state index contributed by atoms with van der Waals surface area (Å²) in [5, 5.41) is 29.4. The highest BCUT2D eigenvalue weighted by Gasteiger charge is 2.32. The van der Waals surface area contributed by atoms with E-state index in [1.807, 2.05) is 18.2 Å². The molecule has 342 valence electrons. The monoisotopic (exact) mass is 993 g/mol. The van der Waals surface area contributed by atoms with Crippen LogP contribution in [0.3, 0.4) is 0 Å². The molecule has 21 heteroatoms. The lowest BCUT2D eigenvalue weighted by Crippen LogP contribution is -2.04. The summed E-state index contributed by atoms with van der Waals surface area (Å²) in [6.45, 7) is 0. The second kappa shape index (κ2) is 17.8. The van der Waals surface area contributed by atoms with E-state index in [1.165, 1.54) is 70.4 Å². The first-order valence-electron chi connectivity index (χ1n) is 20.1. The molecule has 69 heavy (non-hydrogen) atoms. The number of nitrogens with zero attached hydrogens (tertiary/aromatic N) is 9. The van der Waals surface area contributed by atoms with Gasteiger partial charge in [-0.05, 0) is 91.0 Å². The SMILES string of the molecule is FC(F)(F)c1ccc(-c2cccc(-c3nnc(-c4cc(-c5nnc(-c6cccc(-c7ccc(C(F)(F)F)cc7)n6)s5)cc(-c5nnc(-c6cccc(-c7ccc(C(F)(F)F)cc7)n6)s5)c4)s3)n2)cc1. The largest absolute Gasteiger partial charge is 0.416 e. The van der Waals surface area contributed by atoms with Crippen LogP contribution in [-0.2, 0) is 18.5 Å². The number of pyridine rings is 3. The van der Waals surface area contributed by atoms with E-state index in [0.29, 0.717) is 97.6 Å². The summed E-state index contributed by atoms with van der Waals surface area (Å²) in [4.78, 5) is 14.0. The van der Waals surface area contributed by atoms with Crippen molar-refractivity contribution in [1.82, 2.24) is 45.5 Å². The van der Waals surface area contributed by atoms with Crippen LogP contribution >= 0.6 is 34.0 Å². The maximum atomic E-state index is 13.2. The fourth-order valence-corrected chi connectivity index (χ4v) is 9.36. The quantitative estimate of drug-likeness (QED) is 0.130. The molecule has 0 fully saturated rings. The third-order valence-corrected chi connectivity index (χ3v) is 13.4. The molecule has 0 saturated carbocycles. The fourth-order valence-electron chi connectivity index (χ4n) is 6.96. The van der Waals surface area contributed by atoms with Crippen LogP contribution in [-0.4, -0.2) is 45.5 Å². The minimum Gasteiger partial charge on any atom is -0.245 e. The molecule has 0 aliphatic rings. The predicted molar refractivity (Wildman–Crippen MR) is 244 cm³/mol. The van der Waals surface area contributed by atoms with Gasteiger partial charge in [0, 0.05) is 33.4 Å². The number of halogens is 9. The lowest BCUT2D eigenvalue weighted by atomic mass is 10.1. The first-order valence-corrected chi connectivity index (χ1v) is 22.6. The topological polar surface area (TPSA) is 116 Å². The smallest absolute Gasteiger partial charge is 0.245 e. The lowest BCUT2D eigenvalue weighted by molar-refractivity contribution is -0.138. The minimum absolute atomic E-state index is 0.431. The van der Waals surface area contributed by atoms with Gasteiger partial charge in [-0.3, -0.25) is 0 Å².